The van der Waals surface area contributed by atoms with Crippen molar-refractivity contribution in [3.05, 3.63) is 47.0 Å². The van der Waals surface area contributed by atoms with E-state index in [1.807, 2.05) is 36.1 Å². The second-order valence-electron chi connectivity index (χ2n) is 7.99. The molecule has 29 heavy (non-hydrogen) atoms. The Morgan fingerprint density at radius 1 is 1.10 bits per heavy atom. The molecule has 1 fully saturated rings. The topological polar surface area (TPSA) is 63.5 Å². The predicted octanol–water partition coefficient (Wildman–Crippen LogP) is 2.67. The van der Waals surface area contributed by atoms with Gasteiger partial charge in [0.05, 0.1) is 12.6 Å². The number of benzene rings is 1. The van der Waals surface area contributed by atoms with Gasteiger partial charge in [-0.3, -0.25) is 9.69 Å². The summed E-state index contributed by atoms with van der Waals surface area (Å²) >= 11 is 0. The fraction of sp³-hybridized carbons (Fsp3) is 0.591. The first kappa shape index (κ1) is 20.0. The van der Waals surface area contributed by atoms with Crippen LogP contribution in [0.3, 0.4) is 0 Å². The highest BCUT2D eigenvalue weighted by Gasteiger charge is 2.29. The van der Waals surface area contributed by atoms with E-state index < -0.39 is 0 Å². The van der Waals surface area contributed by atoms with E-state index in [4.69, 9.17) is 4.74 Å². The van der Waals surface area contributed by atoms with Gasteiger partial charge in [-0.05, 0) is 51.1 Å². The summed E-state index contributed by atoms with van der Waals surface area (Å²) in [5.74, 6) is 2.15. The van der Waals surface area contributed by atoms with Crippen LogP contribution >= 0.6 is 0 Å². The lowest BCUT2D eigenvalue weighted by molar-refractivity contribution is 0.0757. The average molecular weight is 398 g/mol. The van der Waals surface area contributed by atoms with Crippen LogP contribution in [0.1, 0.15) is 59.8 Å². The molecule has 0 saturated carbocycles. The minimum Gasteiger partial charge on any atom is -0.377 e. The summed E-state index contributed by atoms with van der Waals surface area (Å²) in [4.78, 5) is 17.4. The van der Waals surface area contributed by atoms with Crippen molar-refractivity contribution in [2.45, 2.75) is 51.8 Å². The number of hydrogen-bond donors (Lipinski definition) is 0. The standard InChI is InChI=1S/C22H31N5O2/c1-3-29-16-17-7-9-18(10-8-17)22(28)26-13-11-20-23-24-21(27(20)15-14-26)19-6-4-5-12-25(19)2/h7-10,19H,3-6,11-16H2,1-2H3/t19-/m0/s1. The van der Waals surface area contributed by atoms with Crippen molar-refractivity contribution in [2.24, 2.45) is 0 Å². The Morgan fingerprint density at radius 2 is 1.93 bits per heavy atom. The van der Waals surface area contributed by atoms with Crippen molar-refractivity contribution in [2.75, 3.05) is 33.3 Å². The van der Waals surface area contributed by atoms with E-state index >= 15 is 0 Å². The molecule has 0 N–H and O–H groups in total. The van der Waals surface area contributed by atoms with Gasteiger partial charge in [-0.2, -0.15) is 0 Å². The lowest BCUT2D eigenvalue weighted by Gasteiger charge is -2.32. The summed E-state index contributed by atoms with van der Waals surface area (Å²) in [7, 11) is 2.17. The Balaban J connectivity index is 1.44. The molecule has 7 nitrogen and oxygen atoms in total. The molecule has 3 heterocycles. The van der Waals surface area contributed by atoms with Crippen LogP contribution in [-0.4, -0.2) is 63.8 Å². The number of nitrogens with zero attached hydrogens (tertiary/aromatic N) is 5. The van der Waals surface area contributed by atoms with Gasteiger partial charge in [0, 0.05) is 38.2 Å². The highest BCUT2D eigenvalue weighted by molar-refractivity contribution is 5.94. The monoisotopic (exact) mass is 397 g/mol. The molecule has 0 bridgehead atoms. The highest BCUT2D eigenvalue weighted by Crippen LogP contribution is 2.29. The summed E-state index contributed by atoms with van der Waals surface area (Å²) in [6.07, 6.45) is 4.36. The second kappa shape index (κ2) is 9.05. The molecule has 0 aliphatic carbocycles. The predicted molar refractivity (Wildman–Crippen MR) is 111 cm³/mol. The third kappa shape index (κ3) is 4.36. The lowest BCUT2D eigenvalue weighted by Crippen LogP contribution is -2.34. The number of piperidine rings is 1. The first-order chi connectivity index (χ1) is 14.2. The first-order valence-corrected chi connectivity index (χ1v) is 10.8. The summed E-state index contributed by atoms with van der Waals surface area (Å²) in [6, 6.07) is 8.11. The van der Waals surface area contributed by atoms with Crippen LogP contribution in [0, 0.1) is 0 Å². The first-order valence-electron chi connectivity index (χ1n) is 10.8. The normalized spacial score (nSPS) is 20.3. The maximum absolute atomic E-state index is 13.0. The van der Waals surface area contributed by atoms with Crippen LogP contribution in [0.2, 0.25) is 0 Å². The zero-order chi connectivity index (χ0) is 20.2. The average Bonchev–Trinajstić information content (AvgIpc) is 3.03. The number of ether oxygens (including phenoxy) is 1. The number of carbonyl (C=O) groups is 1. The number of carbonyl (C=O) groups excluding carboxylic acids is 1. The molecule has 0 spiro atoms. The Bertz CT molecular complexity index is 832. The summed E-state index contributed by atoms with van der Waals surface area (Å²) < 4.78 is 7.69. The van der Waals surface area contributed by atoms with Crippen molar-refractivity contribution in [1.29, 1.82) is 0 Å². The molecule has 4 rings (SSSR count). The molecule has 1 atom stereocenters. The Labute approximate surface area is 172 Å². The molecule has 156 valence electrons. The van der Waals surface area contributed by atoms with Crippen LogP contribution in [0.15, 0.2) is 24.3 Å². The van der Waals surface area contributed by atoms with Gasteiger partial charge >= 0.3 is 0 Å². The van der Waals surface area contributed by atoms with E-state index in [2.05, 4.69) is 26.7 Å². The molecule has 0 unspecified atom stereocenters. The van der Waals surface area contributed by atoms with Gasteiger partial charge in [-0.25, -0.2) is 0 Å². The van der Waals surface area contributed by atoms with E-state index in [1.54, 1.807) is 0 Å². The highest BCUT2D eigenvalue weighted by atomic mass is 16.5. The second-order valence-corrected chi connectivity index (χ2v) is 7.99. The third-order valence-electron chi connectivity index (χ3n) is 6.08. The molecular formula is C22H31N5O2. The van der Waals surface area contributed by atoms with Gasteiger partial charge in [0.1, 0.15) is 11.6 Å². The van der Waals surface area contributed by atoms with E-state index in [9.17, 15) is 4.79 Å². The zero-order valence-corrected chi connectivity index (χ0v) is 17.5. The van der Waals surface area contributed by atoms with E-state index in [-0.39, 0.29) is 5.91 Å². The molecule has 1 saturated heterocycles. The quantitative estimate of drug-likeness (QED) is 0.776. The summed E-state index contributed by atoms with van der Waals surface area (Å²) in [5.41, 5.74) is 1.82. The number of aromatic nitrogens is 3. The van der Waals surface area contributed by atoms with Crippen LogP contribution in [0.4, 0.5) is 0 Å². The molecule has 1 amide bonds. The molecule has 7 heteroatoms. The molecule has 0 radical (unpaired) electrons. The van der Waals surface area contributed by atoms with Gasteiger partial charge in [-0.15, -0.1) is 10.2 Å². The number of likely N-dealkylation sites (tertiary alicyclic amines) is 1. The Kier molecular flexibility index (Phi) is 6.25. The zero-order valence-electron chi connectivity index (χ0n) is 17.5. The summed E-state index contributed by atoms with van der Waals surface area (Å²) in [6.45, 7) is 6.49. The van der Waals surface area contributed by atoms with Crippen molar-refractivity contribution in [3.63, 3.8) is 0 Å². The van der Waals surface area contributed by atoms with Crippen LogP contribution in [0.5, 0.6) is 0 Å². The molecule has 1 aromatic heterocycles. The maximum Gasteiger partial charge on any atom is 0.253 e. The van der Waals surface area contributed by atoms with E-state index in [0.717, 1.165) is 48.7 Å². The fourth-order valence-electron chi connectivity index (χ4n) is 4.34. The van der Waals surface area contributed by atoms with Gasteiger partial charge in [-0.1, -0.05) is 18.6 Å². The summed E-state index contributed by atoms with van der Waals surface area (Å²) in [5, 5.41) is 9.00. The SMILES string of the molecule is CCOCc1ccc(C(=O)N2CCc3nnc([C@@H]4CCCCN4C)n3CC2)cc1. The largest absolute Gasteiger partial charge is 0.377 e. The number of fused-ring (bicyclic) bond motifs is 1. The fourth-order valence-corrected chi connectivity index (χ4v) is 4.34. The van der Waals surface area contributed by atoms with Gasteiger partial charge in [0.15, 0.2) is 0 Å². The molecule has 2 aliphatic rings. The lowest BCUT2D eigenvalue weighted by atomic mass is 10.0. The van der Waals surface area contributed by atoms with Crippen LogP contribution in [0.25, 0.3) is 0 Å². The van der Waals surface area contributed by atoms with Crippen molar-refractivity contribution >= 4 is 5.91 Å². The number of amides is 1. The van der Waals surface area contributed by atoms with E-state index in [1.165, 1.54) is 12.8 Å². The number of hydrogen-bond acceptors (Lipinski definition) is 5. The van der Waals surface area contributed by atoms with Gasteiger partial charge < -0.3 is 14.2 Å². The molecular weight excluding hydrogens is 366 g/mol. The number of rotatable bonds is 5. The minimum atomic E-state index is 0.0861. The van der Waals surface area contributed by atoms with Crippen molar-refractivity contribution in [3.8, 4) is 0 Å². The maximum atomic E-state index is 13.0. The molecule has 1 aromatic carbocycles. The Hall–Kier alpha value is -2.25. The van der Waals surface area contributed by atoms with Crippen molar-refractivity contribution in [1.82, 2.24) is 24.6 Å². The van der Waals surface area contributed by atoms with Crippen LogP contribution < -0.4 is 0 Å². The van der Waals surface area contributed by atoms with Crippen molar-refractivity contribution < 1.29 is 9.53 Å². The molecule has 2 aromatic rings. The smallest absolute Gasteiger partial charge is 0.253 e. The Morgan fingerprint density at radius 3 is 2.69 bits per heavy atom. The minimum absolute atomic E-state index is 0.0861. The van der Waals surface area contributed by atoms with E-state index in [0.29, 0.717) is 32.3 Å². The third-order valence-corrected chi connectivity index (χ3v) is 6.08. The van der Waals surface area contributed by atoms with Gasteiger partial charge in [0.25, 0.3) is 5.91 Å². The van der Waals surface area contributed by atoms with Gasteiger partial charge in [0.2, 0.25) is 0 Å². The molecule has 2 aliphatic heterocycles. The van der Waals surface area contributed by atoms with Crippen LogP contribution in [-0.2, 0) is 24.3 Å².